The SMILES string of the molecule is Cc1cnc2cccc(OCc3c(Cl)ccc(N(C)C(=O)CNC(=O)C=Cc4ccc(C(=O)N(C)C)cc4)c3Cl)c2n1.Cl. The monoisotopic (exact) mass is 641 g/mol. The Hall–Kier alpha value is -4.18. The predicted octanol–water partition coefficient (Wildman–Crippen LogP) is 5.74. The quantitative estimate of drug-likeness (QED) is 0.234. The van der Waals surface area contributed by atoms with Gasteiger partial charge >= 0.3 is 0 Å². The van der Waals surface area contributed by atoms with Crippen LogP contribution in [0.3, 0.4) is 0 Å². The number of hydrogen-bond acceptors (Lipinski definition) is 6. The van der Waals surface area contributed by atoms with Crippen molar-refractivity contribution in [3.05, 3.63) is 99.3 Å². The van der Waals surface area contributed by atoms with Crippen molar-refractivity contribution in [3.8, 4) is 5.75 Å². The molecule has 0 aliphatic heterocycles. The Morgan fingerprint density at radius 2 is 1.72 bits per heavy atom. The number of carbonyl (C=O) groups is 3. The van der Waals surface area contributed by atoms with Gasteiger partial charge in [0.25, 0.3) is 5.91 Å². The molecule has 4 rings (SSSR count). The average molecular weight is 643 g/mol. The molecule has 0 radical (unpaired) electrons. The molecule has 3 amide bonds. The number of para-hydroxylation sites is 1. The van der Waals surface area contributed by atoms with Gasteiger partial charge in [-0.25, -0.2) is 4.98 Å². The molecule has 0 saturated heterocycles. The van der Waals surface area contributed by atoms with Gasteiger partial charge < -0.3 is 19.9 Å². The number of fused-ring (bicyclic) bond motifs is 1. The van der Waals surface area contributed by atoms with E-state index in [2.05, 4.69) is 15.3 Å². The summed E-state index contributed by atoms with van der Waals surface area (Å²) in [4.78, 5) is 49.0. The van der Waals surface area contributed by atoms with E-state index in [0.29, 0.717) is 38.6 Å². The van der Waals surface area contributed by atoms with E-state index in [1.54, 1.807) is 75.9 Å². The zero-order valence-electron chi connectivity index (χ0n) is 23.9. The number of halogens is 3. The molecule has 0 spiro atoms. The third-order valence-electron chi connectivity index (χ3n) is 6.33. The Morgan fingerprint density at radius 1 is 1.00 bits per heavy atom. The molecular weight excluding hydrogens is 613 g/mol. The van der Waals surface area contributed by atoms with Gasteiger partial charge in [0.05, 0.1) is 28.5 Å². The molecule has 1 N–H and O–H groups in total. The molecule has 4 aromatic rings. The van der Waals surface area contributed by atoms with Gasteiger partial charge in [0, 0.05) is 49.6 Å². The minimum absolute atomic E-state index is 0. The first-order valence-electron chi connectivity index (χ1n) is 12.9. The molecule has 3 aromatic carbocycles. The molecular formula is C31H30Cl3N5O4. The molecule has 0 aliphatic carbocycles. The molecule has 9 nitrogen and oxygen atoms in total. The lowest BCUT2D eigenvalue weighted by Crippen LogP contribution is -2.37. The van der Waals surface area contributed by atoms with Crippen molar-refractivity contribution in [3.63, 3.8) is 0 Å². The lowest BCUT2D eigenvalue weighted by molar-refractivity contribution is -0.122. The summed E-state index contributed by atoms with van der Waals surface area (Å²) in [5.41, 5.74) is 4.26. The van der Waals surface area contributed by atoms with Crippen LogP contribution in [0.15, 0.2) is 66.9 Å². The van der Waals surface area contributed by atoms with Crippen LogP contribution in [0.4, 0.5) is 5.69 Å². The van der Waals surface area contributed by atoms with Gasteiger partial charge in [-0.1, -0.05) is 41.4 Å². The number of amides is 3. The fourth-order valence-corrected chi connectivity index (χ4v) is 4.59. The van der Waals surface area contributed by atoms with Crippen molar-refractivity contribution in [2.75, 3.05) is 32.6 Å². The predicted molar refractivity (Wildman–Crippen MR) is 172 cm³/mol. The van der Waals surface area contributed by atoms with Gasteiger partial charge in [-0.2, -0.15) is 0 Å². The highest BCUT2D eigenvalue weighted by atomic mass is 35.5. The van der Waals surface area contributed by atoms with E-state index >= 15 is 0 Å². The smallest absolute Gasteiger partial charge is 0.253 e. The van der Waals surface area contributed by atoms with E-state index in [9.17, 15) is 14.4 Å². The normalized spacial score (nSPS) is 10.7. The molecule has 0 fully saturated rings. The Morgan fingerprint density at radius 3 is 2.42 bits per heavy atom. The number of rotatable bonds is 9. The maximum Gasteiger partial charge on any atom is 0.253 e. The Balaban J connectivity index is 0.00000506. The third-order valence-corrected chi connectivity index (χ3v) is 7.11. The summed E-state index contributed by atoms with van der Waals surface area (Å²) in [5, 5.41) is 3.21. The zero-order chi connectivity index (χ0) is 30.4. The number of likely N-dealkylation sites (N-methyl/N-ethyl adjacent to an activating group) is 1. The summed E-state index contributed by atoms with van der Waals surface area (Å²) in [5.74, 6) is -0.422. The second-order valence-corrected chi connectivity index (χ2v) is 10.4. The summed E-state index contributed by atoms with van der Waals surface area (Å²) >= 11 is 13.1. The topological polar surface area (TPSA) is 105 Å². The van der Waals surface area contributed by atoms with Crippen LogP contribution in [-0.2, 0) is 16.2 Å². The molecule has 224 valence electrons. The second kappa shape index (κ2) is 14.8. The van der Waals surface area contributed by atoms with Crippen LogP contribution >= 0.6 is 35.6 Å². The van der Waals surface area contributed by atoms with Crippen molar-refractivity contribution < 1.29 is 19.1 Å². The number of hydrogen-bond donors (Lipinski definition) is 1. The summed E-state index contributed by atoms with van der Waals surface area (Å²) in [6.07, 6.45) is 4.60. The van der Waals surface area contributed by atoms with E-state index in [1.165, 1.54) is 15.9 Å². The van der Waals surface area contributed by atoms with E-state index in [0.717, 1.165) is 11.3 Å². The fraction of sp³-hybridized carbons (Fsp3) is 0.194. The van der Waals surface area contributed by atoms with E-state index in [-0.39, 0.29) is 42.4 Å². The maximum absolute atomic E-state index is 12.9. The van der Waals surface area contributed by atoms with Gasteiger partial charge in [-0.3, -0.25) is 19.4 Å². The third kappa shape index (κ3) is 8.22. The van der Waals surface area contributed by atoms with Crippen molar-refractivity contribution in [1.82, 2.24) is 20.2 Å². The van der Waals surface area contributed by atoms with Gasteiger partial charge in [-0.05, 0) is 55.0 Å². The van der Waals surface area contributed by atoms with Gasteiger partial charge in [0.2, 0.25) is 11.8 Å². The van der Waals surface area contributed by atoms with Gasteiger partial charge in [-0.15, -0.1) is 12.4 Å². The maximum atomic E-state index is 12.9. The summed E-state index contributed by atoms with van der Waals surface area (Å²) in [6, 6.07) is 15.6. The van der Waals surface area contributed by atoms with E-state index in [1.807, 2.05) is 19.1 Å². The molecule has 0 atom stereocenters. The Bertz CT molecular complexity index is 1680. The lowest BCUT2D eigenvalue weighted by Gasteiger charge is -2.21. The number of anilines is 1. The summed E-state index contributed by atoms with van der Waals surface area (Å²) < 4.78 is 6.03. The van der Waals surface area contributed by atoms with Crippen LogP contribution in [0.2, 0.25) is 10.0 Å². The van der Waals surface area contributed by atoms with E-state index < -0.39 is 5.91 Å². The van der Waals surface area contributed by atoms with Crippen LogP contribution < -0.4 is 15.0 Å². The average Bonchev–Trinajstić information content (AvgIpc) is 2.98. The van der Waals surface area contributed by atoms with Crippen LogP contribution in [0.1, 0.15) is 27.2 Å². The molecule has 0 bridgehead atoms. The number of nitrogens with one attached hydrogen (secondary N) is 1. The van der Waals surface area contributed by atoms with Crippen LogP contribution in [0.25, 0.3) is 17.1 Å². The van der Waals surface area contributed by atoms with Crippen LogP contribution in [-0.4, -0.2) is 60.3 Å². The van der Waals surface area contributed by atoms with Crippen molar-refractivity contribution in [2.45, 2.75) is 13.5 Å². The van der Waals surface area contributed by atoms with Crippen molar-refractivity contribution in [2.24, 2.45) is 0 Å². The first-order chi connectivity index (χ1) is 20.0. The highest BCUT2D eigenvalue weighted by Crippen LogP contribution is 2.35. The fourth-order valence-electron chi connectivity index (χ4n) is 3.98. The number of aromatic nitrogens is 2. The number of nitrogens with zero attached hydrogens (tertiary/aromatic N) is 4. The van der Waals surface area contributed by atoms with Crippen LogP contribution in [0, 0.1) is 6.92 Å². The number of benzene rings is 3. The number of carbonyl (C=O) groups excluding carboxylic acids is 3. The van der Waals surface area contributed by atoms with Gasteiger partial charge in [0.1, 0.15) is 17.9 Å². The highest BCUT2D eigenvalue weighted by Gasteiger charge is 2.19. The van der Waals surface area contributed by atoms with E-state index in [4.69, 9.17) is 27.9 Å². The minimum Gasteiger partial charge on any atom is -0.486 e. The standard InChI is InChI=1S/C31H29Cl2N5O4.ClH/c1-19-16-34-24-6-5-7-26(30(24)36-19)42-18-22-23(32)13-14-25(29(22)33)38(4)28(40)17-35-27(39)15-10-20-8-11-21(12-9-20)31(41)37(2)3;/h5-16H,17-18H2,1-4H3,(H,35,39);1H. The Labute approximate surface area is 265 Å². The molecule has 43 heavy (non-hydrogen) atoms. The first-order valence-corrected chi connectivity index (χ1v) is 13.7. The second-order valence-electron chi connectivity index (χ2n) is 9.61. The number of aryl methyl sites for hydroxylation is 1. The minimum atomic E-state index is -0.449. The first kappa shape index (κ1) is 33.3. The molecule has 1 heterocycles. The number of ether oxygens (including phenoxy) is 1. The van der Waals surface area contributed by atoms with Gasteiger partial charge in [0.15, 0.2) is 0 Å². The molecule has 1 aromatic heterocycles. The Kier molecular flexibility index (Phi) is 11.5. The summed E-state index contributed by atoms with van der Waals surface area (Å²) in [7, 11) is 4.92. The molecule has 0 unspecified atom stereocenters. The molecule has 0 saturated carbocycles. The van der Waals surface area contributed by atoms with Crippen LogP contribution in [0.5, 0.6) is 5.75 Å². The highest BCUT2D eigenvalue weighted by molar-refractivity contribution is 6.38. The largest absolute Gasteiger partial charge is 0.486 e. The van der Waals surface area contributed by atoms with Crippen molar-refractivity contribution >= 4 is 76.1 Å². The lowest BCUT2D eigenvalue weighted by atomic mass is 10.1. The zero-order valence-corrected chi connectivity index (χ0v) is 26.3. The summed E-state index contributed by atoms with van der Waals surface area (Å²) in [6.45, 7) is 1.63. The molecule has 12 heteroatoms. The van der Waals surface area contributed by atoms with Crippen molar-refractivity contribution in [1.29, 1.82) is 0 Å². The molecule has 0 aliphatic rings.